The first kappa shape index (κ1) is 15.8. The number of H-pyrrole nitrogens is 1. The molecule has 24 heavy (non-hydrogen) atoms. The summed E-state index contributed by atoms with van der Waals surface area (Å²) < 4.78 is 0. The number of hydrogen-bond acceptors (Lipinski definition) is 2. The van der Waals surface area contributed by atoms with Crippen LogP contribution in [0.2, 0.25) is 0 Å². The van der Waals surface area contributed by atoms with Crippen LogP contribution in [-0.2, 0) is 6.42 Å². The maximum absolute atomic E-state index is 4.41. The second-order valence-corrected chi connectivity index (χ2v) is 7.90. The van der Waals surface area contributed by atoms with E-state index < -0.39 is 0 Å². The molecule has 0 unspecified atom stereocenters. The molecule has 3 heteroatoms. The third kappa shape index (κ3) is 2.98. The number of fused-ring (bicyclic) bond motifs is 1. The van der Waals surface area contributed by atoms with Crippen LogP contribution in [0.5, 0.6) is 0 Å². The molecule has 2 aliphatic rings. The smallest absolute Gasteiger partial charge is 0.0456 e. The molecule has 0 atom stereocenters. The fourth-order valence-electron chi connectivity index (χ4n) is 4.48. The monoisotopic (exact) mass is 323 g/mol. The van der Waals surface area contributed by atoms with E-state index in [0.29, 0.717) is 5.41 Å². The fraction of sp³-hybridized carbons (Fsp3) is 0.524. The molecule has 3 heterocycles. The minimum Gasteiger partial charge on any atom is -0.375 e. The second-order valence-electron chi connectivity index (χ2n) is 7.90. The number of benzene rings is 1. The van der Waals surface area contributed by atoms with Crippen LogP contribution in [0.15, 0.2) is 42.7 Å². The predicted molar refractivity (Wildman–Crippen MR) is 101 cm³/mol. The highest BCUT2D eigenvalue weighted by Crippen LogP contribution is 2.41. The molecule has 1 N–H and O–H groups in total. The lowest BCUT2D eigenvalue weighted by Gasteiger charge is -2.38. The van der Waals surface area contributed by atoms with Gasteiger partial charge in [-0.2, -0.15) is 0 Å². The van der Waals surface area contributed by atoms with E-state index in [9.17, 15) is 0 Å². The molecule has 2 aliphatic heterocycles. The third-order valence-electron chi connectivity index (χ3n) is 6.29. The number of likely N-dealkylation sites (tertiary alicyclic amines) is 2. The van der Waals surface area contributed by atoms with Crippen molar-refractivity contribution in [1.82, 2.24) is 14.8 Å². The zero-order valence-corrected chi connectivity index (χ0v) is 14.9. The van der Waals surface area contributed by atoms with Crippen LogP contribution < -0.4 is 0 Å². The van der Waals surface area contributed by atoms with Crippen LogP contribution in [0.3, 0.4) is 0 Å². The Balaban J connectivity index is 1.35. The van der Waals surface area contributed by atoms with Crippen molar-refractivity contribution in [2.24, 2.45) is 5.41 Å². The number of aromatic amines is 1. The van der Waals surface area contributed by atoms with Crippen molar-refractivity contribution in [3.63, 3.8) is 0 Å². The Hall–Kier alpha value is -1.74. The number of aryl methyl sites for hydroxylation is 1. The normalized spacial score (nSPS) is 21.0. The number of piperidine rings is 1. The van der Waals surface area contributed by atoms with E-state index in [0.717, 1.165) is 12.8 Å². The van der Waals surface area contributed by atoms with Gasteiger partial charge in [-0.05, 0) is 69.3 Å². The summed E-state index contributed by atoms with van der Waals surface area (Å²) in [6, 6.07) is 8.58. The van der Waals surface area contributed by atoms with Crippen LogP contribution in [0.1, 0.15) is 31.2 Å². The first-order valence-electron chi connectivity index (χ1n) is 9.32. The molecule has 2 fully saturated rings. The lowest BCUT2D eigenvalue weighted by molar-refractivity contribution is 0.130. The van der Waals surface area contributed by atoms with Crippen molar-refractivity contribution in [3.05, 3.63) is 48.3 Å². The summed E-state index contributed by atoms with van der Waals surface area (Å²) in [6.07, 6.45) is 8.38. The minimum absolute atomic E-state index is 0.566. The molecule has 0 radical (unpaired) electrons. The summed E-state index contributed by atoms with van der Waals surface area (Å²) in [7, 11) is 2.25. The largest absolute Gasteiger partial charge is 0.375 e. The Morgan fingerprint density at radius 1 is 1.17 bits per heavy atom. The van der Waals surface area contributed by atoms with Crippen LogP contribution >= 0.6 is 0 Å². The van der Waals surface area contributed by atoms with Crippen molar-refractivity contribution in [2.75, 3.05) is 33.2 Å². The van der Waals surface area contributed by atoms with Crippen LogP contribution in [0, 0.1) is 5.41 Å². The molecule has 0 saturated carbocycles. The van der Waals surface area contributed by atoms with Gasteiger partial charge in [-0.1, -0.05) is 24.8 Å². The van der Waals surface area contributed by atoms with E-state index in [2.05, 4.69) is 58.9 Å². The SMILES string of the molecule is C=C(CCc1c[nH]c2ccccc12)N1CCC2(CCN(C)CC2)C1. The van der Waals surface area contributed by atoms with Gasteiger partial charge in [0.1, 0.15) is 0 Å². The molecule has 0 amide bonds. The van der Waals surface area contributed by atoms with E-state index in [1.807, 2.05) is 0 Å². The summed E-state index contributed by atoms with van der Waals surface area (Å²) in [5.74, 6) is 0. The van der Waals surface area contributed by atoms with Gasteiger partial charge in [0, 0.05) is 35.9 Å². The number of nitrogens with one attached hydrogen (secondary N) is 1. The lowest BCUT2D eigenvalue weighted by atomic mass is 9.78. The van der Waals surface area contributed by atoms with Gasteiger partial charge in [0.15, 0.2) is 0 Å². The Labute approximate surface area is 145 Å². The number of hydrogen-bond donors (Lipinski definition) is 1. The molecular weight excluding hydrogens is 294 g/mol. The standard InChI is InChI=1S/C21H29N3/c1-17(7-8-18-15-22-20-6-4-3-5-19(18)20)24-14-11-21(16-24)9-12-23(2)13-10-21/h3-6,15,22H,1,7-14,16H2,2H3. The zero-order chi connectivity index (χ0) is 16.6. The summed E-state index contributed by atoms with van der Waals surface area (Å²) >= 11 is 0. The molecule has 0 bridgehead atoms. The van der Waals surface area contributed by atoms with E-state index in [1.165, 1.54) is 67.6 Å². The number of allylic oxidation sites excluding steroid dienone is 1. The van der Waals surface area contributed by atoms with Crippen molar-refractivity contribution >= 4 is 10.9 Å². The molecule has 128 valence electrons. The Morgan fingerprint density at radius 2 is 1.92 bits per heavy atom. The van der Waals surface area contributed by atoms with Gasteiger partial charge in [-0.25, -0.2) is 0 Å². The molecule has 2 aromatic rings. The van der Waals surface area contributed by atoms with Gasteiger partial charge < -0.3 is 14.8 Å². The number of aromatic nitrogens is 1. The first-order valence-corrected chi connectivity index (χ1v) is 9.32. The number of para-hydroxylation sites is 1. The van der Waals surface area contributed by atoms with Crippen LogP contribution in [0.4, 0.5) is 0 Å². The van der Waals surface area contributed by atoms with Gasteiger partial charge in [-0.15, -0.1) is 0 Å². The average Bonchev–Trinajstić information content (AvgIpc) is 3.21. The van der Waals surface area contributed by atoms with Crippen LogP contribution in [0.25, 0.3) is 10.9 Å². The summed E-state index contributed by atoms with van der Waals surface area (Å²) in [6.45, 7) is 9.37. The van der Waals surface area contributed by atoms with Crippen molar-refractivity contribution in [2.45, 2.75) is 32.1 Å². The number of nitrogens with zero attached hydrogens (tertiary/aromatic N) is 2. The molecule has 0 aliphatic carbocycles. The molecule has 1 aromatic carbocycles. The Morgan fingerprint density at radius 3 is 2.75 bits per heavy atom. The topological polar surface area (TPSA) is 22.3 Å². The Kier molecular flexibility index (Phi) is 4.13. The molecule has 3 nitrogen and oxygen atoms in total. The maximum atomic E-state index is 4.41. The molecule has 1 aromatic heterocycles. The van der Waals surface area contributed by atoms with Crippen LogP contribution in [-0.4, -0.2) is 48.0 Å². The summed E-state index contributed by atoms with van der Waals surface area (Å²) in [5.41, 5.74) is 4.55. The zero-order valence-electron chi connectivity index (χ0n) is 14.9. The van der Waals surface area contributed by atoms with E-state index >= 15 is 0 Å². The van der Waals surface area contributed by atoms with E-state index in [1.54, 1.807) is 0 Å². The summed E-state index contributed by atoms with van der Waals surface area (Å²) in [4.78, 5) is 8.43. The molecule has 2 saturated heterocycles. The fourth-order valence-corrected chi connectivity index (χ4v) is 4.48. The number of rotatable bonds is 4. The molecule has 4 rings (SSSR count). The van der Waals surface area contributed by atoms with E-state index in [-0.39, 0.29) is 0 Å². The van der Waals surface area contributed by atoms with Gasteiger partial charge in [0.05, 0.1) is 0 Å². The predicted octanol–water partition coefficient (Wildman–Crippen LogP) is 4.03. The molecular formula is C21H29N3. The van der Waals surface area contributed by atoms with Gasteiger partial charge in [-0.3, -0.25) is 0 Å². The van der Waals surface area contributed by atoms with E-state index in [4.69, 9.17) is 0 Å². The Bertz CT molecular complexity index is 722. The maximum Gasteiger partial charge on any atom is 0.0456 e. The highest BCUT2D eigenvalue weighted by Gasteiger charge is 2.40. The third-order valence-corrected chi connectivity index (χ3v) is 6.29. The quantitative estimate of drug-likeness (QED) is 0.917. The van der Waals surface area contributed by atoms with Crippen molar-refractivity contribution < 1.29 is 0 Å². The van der Waals surface area contributed by atoms with Gasteiger partial charge in [0.2, 0.25) is 0 Å². The second kappa shape index (κ2) is 6.29. The minimum atomic E-state index is 0.566. The lowest BCUT2D eigenvalue weighted by Crippen LogP contribution is -2.39. The highest BCUT2D eigenvalue weighted by atomic mass is 15.2. The van der Waals surface area contributed by atoms with Crippen molar-refractivity contribution in [1.29, 1.82) is 0 Å². The van der Waals surface area contributed by atoms with Crippen molar-refractivity contribution in [3.8, 4) is 0 Å². The highest BCUT2D eigenvalue weighted by molar-refractivity contribution is 5.83. The summed E-state index contributed by atoms with van der Waals surface area (Å²) in [5, 5.41) is 1.36. The van der Waals surface area contributed by atoms with Gasteiger partial charge in [0.25, 0.3) is 0 Å². The average molecular weight is 323 g/mol. The molecule has 1 spiro atoms. The first-order chi connectivity index (χ1) is 11.7. The van der Waals surface area contributed by atoms with Gasteiger partial charge >= 0.3 is 0 Å².